The van der Waals surface area contributed by atoms with Gasteiger partial charge in [0.15, 0.2) is 0 Å². The first-order chi connectivity index (χ1) is 8.85. The summed E-state index contributed by atoms with van der Waals surface area (Å²) < 4.78 is 5.37. The van der Waals surface area contributed by atoms with Crippen LogP contribution in [0.15, 0.2) is 41.1 Å². The molecule has 18 heavy (non-hydrogen) atoms. The Morgan fingerprint density at radius 3 is 2.78 bits per heavy atom. The molecule has 0 amide bonds. The molecule has 1 aromatic carbocycles. The van der Waals surface area contributed by atoms with Gasteiger partial charge in [-0.2, -0.15) is 11.3 Å². The fraction of sp³-hybridized carbons (Fsp3) is 0.286. The number of para-hydroxylation sites is 2. The summed E-state index contributed by atoms with van der Waals surface area (Å²) >= 11 is 1.68. The van der Waals surface area contributed by atoms with E-state index in [0.29, 0.717) is 6.54 Å². The number of hydrogen-bond donors (Lipinski definition) is 1. The highest BCUT2D eigenvalue weighted by Crippen LogP contribution is 2.28. The highest BCUT2D eigenvalue weighted by molar-refractivity contribution is 7.07. The first kappa shape index (κ1) is 12.9. The second-order valence-corrected chi connectivity index (χ2v) is 4.73. The molecule has 4 heteroatoms. The Balaban J connectivity index is 2.23. The Morgan fingerprint density at radius 2 is 2.11 bits per heavy atom. The van der Waals surface area contributed by atoms with Gasteiger partial charge in [-0.05, 0) is 34.5 Å². The lowest BCUT2D eigenvalue weighted by atomic mass is 10.2. The second kappa shape index (κ2) is 6.42. The number of rotatable bonds is 6. The van der Waals surface area contributed by atoms with Gasteiger partial charge in [0.1, 0.15) is 5.75 Å². The fourth-order valence-corrected chi connectivity index (χ4v) is 2.56. The van der Waals surface area contributed by atoms with E-state index in [1.165, 1.54) is 5.56 Å². The minimum absolute atomic E-state index is 0.127. The number of aliphatic hydroxyl groups excluding tert-OH is 1. The van der Waals surface area contributed by atoms with Gasteiger partial charge in [-0.3, -0.25) is 0 Å². The molecule has 0 aliphatic heterocycles. The number of nitrogens with zero attached hydrogens (tertiary/aromatic N) is 1. The molecule has 1 aromatic heterocycles. The molecule has 2 aromatic rings. The maximum atomic E-state index is 9.21. The van der Waals surface area contributed by atoms with Crippen LogP contribution in [-0.4, -0.2) is 25.4 Å². The topological polar surface area (TPSA) is 32.7 Å². The van der Waals surface area contributed by atoms with Crippen LogP contribution in [0.2, 0.25) is 0 Å². The van der Waals surface area contributed by atoms with Gasteiger partial charge in [-0.25, -0.2) is 0 Å². The lowest BCUT2D eigenvalue weighted by molar-refractivity contribution is 0.301. The average Bonchev–Trinajstić information content (AvgIpc) is 2.91. The zero-order chi connectivity index (χ0) is 12.8. The third kappa shape index (κ3) is 3.03. The maximum Gasteiger partial charge on any atom is 0.142 e. The van der Waals surface area contributed by atoms with Gasteiger partial charge >= 0.3 is 0 Å². The van der Waals surface area contributed by atoms with Crippen LogP contribution in [0.25, 0.3) is 0 Å². The Labute approximate surface area is 111 Å². The molecule has 0 fully saturated rings. The molecule has 0 aliphatic rings. The van der Waals surface area contributed by atoms with Crippen LogP contribution in [0.3, 0.4) is 0 Å². The number of thiophene rings is 1. The first-order valence-corrected chi connectivity index (χ1v) is 6.79. The van der Waals surface area contributed by atoms with E-state index in [1.54, 1.807) is 18.4 Å². The quantitative estimate of drug-likeness (QED) is 0.870. The monoisotopic (exact) mass is 263 g/mol. The molecule has 2 rings (SSSR count). The second-order valence-electron chi connectivity index (χ2n) is 3.95. The molecular weight excluding hydrogens is 246 g/mol. The van der Waals surface area contributed by atoms with Gasteiger partial charge in [-0.15, -0.1) is 0 Å². The number of anilines is 1. The van der Waals surface area contributed by atoms with Gasteiger partial charge in [0.25, 0.3) is 0 Å². The van der Waals surface area contributed by atoms with Crippen LogP contribution < -0.4 is 9.64 Å². The van der Waals surface area contributed by atoms with Crippen LogP contribution >= 0.6 is 11.3 Å². The van der Waals surface area contributed by atoms with Gasteiger partial charge in [0, 0.05) is 13.1 Å². The number of methoxy groups -OCH3 is 1. The lowest BCUT2D eigenvalue weighted by Crippen LogP contribution is -2.26. The van der Waals surface area contributed by atoms with E-state index in [1.807, 2.05) is 24.3 Å². The molecule has 0 atom stereocenters. The Bertz CT molecular complexity index is 470. The van der Waals surface area contributed by atoms with Crippen molar-refractivity contribution in [2.75, 3.05) is 25.2 Å². The highest BCUT2D eigenvalue weighted by atomic mass is 32.1. The van der Waals surface area contributed by atoms with Crippen LogP contribution in [0.1, 0.15) is 5.56 Å². The molecule has 0 bridgehead atoms. The largest absolute Gasteiger partial charge is 0.495 e. The van der Waals surface area contributed by atoms with Crippen LogP contribution in [0, 0.1) is 0 Å². The van der Waals surface area contributed by atoms with E-state index >= 15 is 0 Å². The van der Waals surface area contributed by atoms with Crippen molar-refractivity contribution < 1.29 is 9.84 Å². The van der Waals surface area contributed by atoms with Gasteiger partial charge in [0.2, 0.25) is 0 Å². The summed E-state index contributed by atoms with van der Waals surface area (Å²) in [4.78, 5) is 2.13. The molecule has 0 saturated heterocycles. The van der Waals surface area contributed by atoms with Crippen molar-refractivity contribution in [1.29, 1.82) is 0 Å². The number of benzene rings is 1. The van der Waals surface area contributed by atoms with E-state index in [-0.39, 0.29) is 6.61 Å². The minimum atomic E-state index is 0.127. The summed E-state index contributed by atoms with van der Waals surface area (Å²) in [5.41, 5.74) is 2.26. The van der Waals surface area contributed by atoms with Crippen molar-refractivity contribution >= 4 is 17.0 Å². The molecule has 96 valence electrons. The number of hydrogen-bond acceptors (Lipinski definition) is 4. The van der Waals surface area contributed by atoms with Crippen molar-refractivity contribution in [2.24, 2.45) is 0 Å². The van der Waals surface area contributed by atoms with Crippen molar-refractivity contribution in [3.63, 3.8) is 0 Å². The standard InChI is InChI=1S/C14H17NO2S/c1-17-14-5-3-2-4-13(14)15(7-8-16)10-12-6-9-18-11-12/h2-6,9,11,16H,7-8,10H2,1H3. The predicted octanol–water partition coefficient (Wildman–Crippen LogP) is 2.76. The van der Waals surface area contributed by atoms with Gasteiger partial charge < -0.3 is 14.7 Å². The third-order valence-electron chi connectivity index (χ3n) is 2.75. The zero-order valence-electron chi connectivity index (χ0n) is 10.4. The normalized spacial score (nSPS) is 10.3. The van der Waals surface area contributed by atoms with E-state index < -0.39 is 0 Å². The summed E-state index contributed by atoms with van der Waals surface area (Å²) in [5.74, 6) is 0.834. The Hall–Kier alpha value is -1.52. The molecule has 0 saturated carbocycles. The van der Waals surface area contributed by atoms with Gasteiger partial charge in [-0.1, -0.05) is 12.1 Å². The predicted molar refractivity (Wildman–Crippen MR) is 75.4 cm³/mol. The first-order valence-electron chi connectivity index (χ1n) is 5.85. The Kier molecular flexibility index (Phi) is 4.61. The summed E-state index contributed by atoms with van der Waals surface area (Å²) in [5, 5.41) is 13.4. The maximum absolute atomic E-state index is 9.21. The van der Waals surface area contributed by atoms with E-state index in [2.05, 4.69) is 21.7 Å². The average molecular weight is 263 g/mol. The van der Waals surface area contributed by atoms with Gasteiger partial charge in [0.05, 0.1) is 19.4 Å². The molecular formula is C14H17NO2S. The molecule has 0 unspecified atom stereocenters. The van der Waals surface area contributed by atoms with Crippen LogP contribution in [0.4, 0.5) is 5.69 Å². The zero-order valence-corrected chi connectivity index (χ0v) is 11.2. The summed E-state index contributed by atoms with van der Waals surface area (Å²) in [7, 11) is 1.67. The summed E-state index contributed by atoms with van der Waals surface area (Å²) in [6.45, 7) is 1.50. The van der Waals surface area contributed by atoms with Crippen molar-refractivity contribution in [3.8, 4) is 5.75 Å². The molecule has 1 N–H and O–H groups in total. The summed E-state index contributed by atoms with van der Waals surface area (Å²) in [6.07, 6.45) is 0. The molecule has 1 heterocycles. The lowest BCUT2D eigenvalue weighted by Gasteiger charge is -2.25. The van der Waals surface area contributed by atoms with Crippen molar-refractivity contribution in [1.82, 2.24) is 0 Å². The highest BCUT2D eigenvalue weighted by Gasteiger charge is 2.11. The molecule has 0 spiro atoms. The van der Waals surface area contributed by atoms with Crippen molar-refractivity contribution in [3.05, 3.63) is 46.7 Å². The number of aliphatic hydroxyl groups is 1. The Morgan fingerprint density at radius 1 is 1.28 bits per heavy atom. The van der Waals surface area contributed by atoms with Crippen LogP contribution in [-0.2, 0) is 6.54 Å². The summed E-state index contributed by atoms with van der Waals surface area (Å²) in [6, 6.07) is 9.98. The smallest absolute Gasteiger partial charge is 0.142 e. The molecule has 3 nitrogen and oxygen atoms in total. The fourth-order valence-electron chi connectivity index (χ4n) is 1.90. The van der Waals surface area contributed by atoms with Crippen LogP contribution in [0.5, 0.6) is 5.75 Å². The SMILES string of the molecule is COc1ccccc1N(CCO)Cc1ccsc1. The molecule has 0 radical (unpaired) electrons. The van der Waals surface area contributed by atoms with E-state index in [9.17, 15) is 5.11 Å². The molecule has 0 aliphatic carbocycles. The van der Waals surface area contributed by atoms with Crippen molar-refractivity contribution in [2.45, 2.75) is 6.54 Å². The van der Waals surface area contributed by atoms with E-state index in [0.717, 1.165) is 18.0 Å². The van der Waals surface area contributed by atoms with E-state index in [4.69, 9.17) is 4.74 Å². The minimum Gasteiger partial charge on any atom is -0.495 e. The number of ether oxygens (including phenoxy) is 1. The third-order valence-corrected chi connectivity index (χ3v) is 3.48.